The number of alkyl halides is 3. The normalized spacial score (nSPS) is 18.5. The highest BCUT2D eigenvalue weighted by Gasteiger charge is 2.47. The summed E-state index contributed by atoms with van der Waals surface area (Å²) in [5.74, 6) is -7.28. The van der Waals surface area contributed by atoms with Gasteiger partial charge in [-0.15, -0.1) is 0 Å². The Labute approximate surface area is 340 Å². The van der Waals surface area contributed by atoms with Gasteiger partial charge in [0.25, 0.3) is 35.4 Å². The van der Waals surface area contributed by atoms with Crippen molar-refractivity contribution in [3.05, 3.63) is 130 Å². The molecular formula is C41H28F4N6O10. The average molecular weight is 841 g/mol. The van der Waals surface area contributed by atoms with Crippen LogP contribution in [-0.4, -0.2) is 81.0 Å². The van der Waals surface area contributed by atoms with E-state index in [9.17, 15) is 65.5 Å². The van der Waals surface area contributed by atoms with Crippen molar-refractivity contribution in [1.29, 1.82) is 0 Å². The predicted octanol–water partition coefficient (Wildman–Crippen LogP) is 3.84. The van der Waals surface area contributed by atoms with E-state index >= 15 is 0 Å². The van der Waals surface area contributed by atoms with Gasteiger partial charge in [0.05, 0.1) is 39.2 Å². The van der Waals surface area contributed by atoms with E-state index in [1.807, 2.05) is 0 Å². The largest absolute Gasteiger partial charge is 0.416 e. The van der Waals surface area contributed by atoms with E-state index in [2.05, 4.69) is 21.3 Å². The lowest BCUT2D eigenvalue weighted by molar-refractivity contribution is -0.138. The molecule has 4 heterocycles. The third-order valence-corrected chi connectivity index (χ3v) is 10.0. The van der Waals surface area contributed by atoms with E-state index < -0.39 is 88.7 Å². The number of fused-ring (bicyclic) bond motifs is 2. The number of rotatable bonds is 6. The second-order valence-electron chi connectivity index (χ2n) is 13.8. The van der Waals surface area contributed by atoms with E-state index in [4.69, 9.17) is 0 Å². The molecule has 2 atom stereocenters. The van der Waals surface area contributed by atoms with E-state index in [0.29, 0.717) is 0 Å². The molecule has 8 rings (SSSR count). The number of carbonyl (C=O) groups excluding carboxylic acids is 10. The van der Waals surface area contributed by atoms with Crippen LogP contribution in [0.4, 0.5) is 28.9 Å². The van der Waals surface area contributed by atoms with Gasteiger partial charge >= 0.3 is 6.18 Å². The van der Waals surface area contributed by atoms with Gasteiger partial charge in [-0.3, -0.25) is 68.4 Å². The highest BCUT2D eigenvalue weighted by Crippen LogP contribution is 2.35. The first-order valence-corrected chi connectivity index (χ1v) is 18.2. The Morgan fingerprint density at radius 3 is 1.33 bits per heavy atom. The first kappa shape index (κ1) is 41.3. The van der Waals surface area contributed by atoms with E-state index in [1.165, 1.54) is 48.5 Å². The number of carbonyl (C=O) groups is 10. The Morgan fingerprint density at radius 2 is 0.951 bits per heavy atom. The number of hydrogen-bond donors (Lipinski definition) is 4. The molecule has 4 aromatic carbocycles. The zero-order valence-corrected chi connectivity index (χ0v) is 31.1. The molecule has 2 saturated heterocycles. The SMILES string of the molecule is O=C1CCC(N2C(=O)c3cccc(NC(=O)c4ccc(C(F)(F)F)cc4)c3C2=O)C(=O)N1.O=C1CCC(N2C(=O)c3cccc(NC(=O)c4ccc(F)cc4)c3C2=O)C(=O)N1. The molecule has 16 nitrogen and oxygen atoms in total. The van der Waals surface area contributed by atoms with Crippen molar-refractivity contribution in [1.82, 2.24) is 20.4 Å². The van der Waals surface area contributed by atoms with Crippen molar-refractivity contribution in [2.75, 3.05) is 10.6 Å². The summed E-state index contributed by atoms with van der Waals surface area (Å²) in [6, 6.07) is 14.6. The lowest BCUT2D eigenvalue weighted by Crippen LogP contribution is -2.54. The highest BCUT2D eigenvalue weighted by molar-refractivity contribution is 6.27. The minimum atomic E-state index is -4.55. The van der Waals surface area contributed by atoms with Crippen LogP contribution in [0.1, 0.15) is 93.4 Å². The van der Waals surface area contributed by atoms with Gasteiger partial charge in [0.15, 0.2) is 0 Å². The number of amides is 10. The number of piperidine rings is 2. The van der Waals surface area contributed by atoms with Crippen molar-refractivity contribution >= 4 is 70.4 Å². The van der Waals surface area contributed by atoms with E-state index in [1.54, 1.807) is 0 Å². The summed E-state index contributed by atoms with van der Waals surface area (Å²) in [4.78, 5) is 125. The first-order chi connectivity index (χ1) is 28.9. The summed E-state index contributed by atoms with van der Waals surface area (Å²) in [5.41, 5.74) is -0.917. The molecule has 4 aromatic rings. The summed E-state index contributed by atoms with van der Waals surface area (Å²) in [6.07, 6.45) is -4.57. The molecule has 2 fully saturated rings. The van der Waals surface area contributed by atoms with Crippen LogP contribution in [0.5, 0.6) is 0 Å². The van der Waals surface area contributed by atoms with Crippen LogP contribution < -0.4 is 21.3 Å². The number of halogens is 4. The van der Waals surface area contributed by atoms with Crippen molar-refractivity contribution < 1.29 is 65.5 Å². The fourth-order valence-corrected chi connectivity index (χ4v) is 7.04. The maximum atomic E-state index is 13.1. The summed E-state index contributed by atoms with van der Waals surface area (Å²) in [6.45, 7) is 0. The summed E-state index contributed by atoms with van der Waals surface area (Å²) in [5, 5.41) is 9.20. The Morgan fingerprint density at radius 1 is 0.557 bits per heavy atom. The molecule has 0 radical (unpaired) electrons. The van der Waals surface area contributed by atoms with Gasteiger partial charge in [-0.05, 0) is 85.6 Å². The lowest BCUT2D eigenvalue weighted by atomic mass is 10.0. The van der Waals surface area contributed by atoms with Crippen molar-refractivity contribution in [3.63, 3.8) is 0 Å². The number of hydrogen-bond acceptors (Lipinski definition) is 10. The molecule has 0 saturated carbocycles. The second kappa shape index (κ2) is 16.0. The van der Waals surface area contributed by atoms with E-state index in [-0.39, 0.29) is 70.4 Å². The van der Waals surface area contributed by atoms with Gasteiger partial charge in [0.2, 0.25) is 23.6 Å². The molecule has 4 N–H and O–H groups in total. The molecule has 4 aliphatic heterocycles. The smallest absolute Gasteiger partial charge is 0.321 e. The molecule has 20 heteroatoms. The maximum Gasteiger partial charge on any atom is 0.416 e. The Balaban J connectivity index is 0.000000185. The standard InChI is InChI=1S/C21H14F3N3O5.C20H14FN3O5/c22-21(23,24)11-6-4-10(5-7-11)17(29)25-13-3-1-2-12-16(13)20(32)27(19(12)31)14-8-9-15(28)26-18(14)30;21-11-6-4-10(5-7-11)17(26)22-13-3-1-2-12-16(13)20(29)24(19(12)28)14-8-9-15(25)23-18(14)27/h1-7,14H,8-9H2,(H,25,29)(H,26,28,30);1-7,14H,8-9H2,(H,22,26)(H,23,25,27). The number of nitrogens with one attached hydrogen (secondary N) is 4. The molecule has 0 spiro atoms. The van der Waals surface area contributed by atoms with Gasteiger partial charge in [-0.2, -0.15) is 13.2 Å². The van der Waals surface area contributed by atoms with Crippen molar-refractivity contribution in [2.24, 2.45) is 0 Å². The zero-order chi connectivity index (χ0) is 43.9. The quantitative estimate of drug-likeness (QED) is 0.162. The summed E-state index contributed by atoms with van der Waals surface area (Å²) < 4.78 is 51.2. The highest BCUT2D eigenvalue weighted by atomic mass is 19.4. The van der Waals surface area contributed by atoms with E-state index in [0.717, 1.165) is 46.2 Å². The van der Waals surface area contributed by atoms with Gasteiger partial charge in [0.1, 0.15) is 17.9 Å². The molecule has 0 aliphatic carbocycles. The number of benzene rings is 4. The maximum absolute atomic E-state index is 13.1. The van der Waals surface area contributed by atoms with Crippen molar-refractivity contribution in [2.45, 2.75) is 43.9 Å². The Bertz CT molecular complexity index is 2610. The van der Waals surface area contributed by atoms with Crippen LogP contribution in [0.15, 0.2) is 84.9 Å². The zero-order valence-electron chi connectivity index (χ0n) is 31.1. The molecule has 310 valence electrons. The van der Waals surface area contributed by atoms with Crippen LogP contribution >= 0.6 is 0 Å². The van der Waals surface area contributed by atoms with Crippen LogP contribution in [-0.2, 0) is 25.4 Å². The summed E-state index contributed by atoms with van der Waals surface area (Å²) >= 11 is 0. The third-order valence-electron chi connectivity index (χ3n) is 10.0. The van der Waals surface area contributed by atoms with Gasteiger partial charge in [-0.25, -0.2) is 4.39 Å². The molecular weight excluding hydrogens is 812 g/mol. The average Bonchev–Trinajstić information content (AvgIpc) is 3.62. The number of imide groups is 4. The van der Waals surface area contributed by atoms with Crippen molar-refractivity contribution in [3.8, 4) is 0 Å². The fraction of sp³-hybridized carbons (Fsp3) is 0.171. The van der Waals surface area contributed by atoms with Crippen LogP contribution in [0.2, 0.25) is 0 Å². The number of nitrogens with zero attached hydrogens (tertiary/aromatic N) is 2. The van der Waals surface area contributed by atoms with Gasteiger partial charge in [0, 0.05) is 24.0 Å². The third kappa shape index (κ3) is 7.97. The predicted molar refractivity (Wildman–Crippen MR) is 200 cm³/mol. The molecule has 61 heavy (non-hydrogen) atoms. The monoisotopic (exact) mass is 840 g/mol. The topological polar surface area (TPSA) is 225 Å². The van der Waals surface area contributed by atoms with Gasteiger partial charge < -0.3 is 10.6 Å². The molecule has 2 unspecified atom stereocenters. The first-order valence-electron chi connectivity index (χ1n) is 18.2. The van der Waals surface area contributed by atoms with Crippen LogP contribution in [0.25, 0.3) is 0 Å². The molecule has 0 bridgehead atoms. The number of anilines is 2. The summed E-state index contributed by atoms with van der Waals surface area (Å²) in [7, 11) is 0. The minimum Gasteiger partial charge on any atom is -0.321 e. The Hall–Kier alpha value is -7.90. The molecule has 0 aromatic heterocycles. The lowest BCUT2D eigenvalue weighted by Gasteiger charge is -2.27. The fourth-order valence-electron chi connectivity index (χ4n) is 7.04. The minimum absolute atomic E-state index is 0.0119. The van der Waals surface area contributed by atoms with Crippen LogP contribution in [0, 0.1) is 5.82 Å². The van der Waals surface area contributed by atoms with Crippen LogP contribution in [0.3, 0.4) is 0 Å². The molecule has 10 amide bonds. The Kier molecular flexibility index (Phi) is 10.8. The van der Waals surface area contributed by atoms with Gasteiger partial charge in [-0.1, -0.05) is 12.1 Å². The molecule has 4 aliphatic rings. The second-order valence-corrected chi connectivity index (χ2v) is 13.8.